The van der Waals surface area contributed by atoms with Crippen molar-refractivity contribution in [2.45, 2.75) is 33.2 Å². The summed E-state index contributed by atoms with van der Waals surface area (Å²) in [6.45, 7) is 5.00. The lowest BCUT2D eigenvalue weighted by Crippen LogP contribution is -2.32. The van der Waals surface area contributed by atoms with Crippen molar-refractivity contribution >= 4 is 11.6 Å². The zero-order valence-electron chi connectivity index (χ0n) is 7.26. The fourth-order valence-electron chi connectivity index (χ4n) is 0.596. The van der Waals surface area contributed by atoms with Gasteiger partial charge in [-0.2, -0.15) is 0 Å². The fourth-order valence-corrected chi connectivity index (χ4v) is 0.596. The predicted molar refractivity (Wildman–Crippen MR) is 43.1 cm³/mol. The second kappa shape index (κ2) is 4.23. The molecule has 1 atom stereocenters. The second-order valence-electron chi connectivity index (χ2n) is 3.04. The van der Waals surface area contributed by atoms with Gasteiger partial charge in [-0.25, -0.2) is 0 Å². The maximum atomic E-state index is 11.0. The van der Waals surface area contributed by atoms with Crippen molar-refractivity contribution in [1.82, 2.24) is 0 Å². The molecule has 0 aromatic rings. The molecule has 0 radical (unpaired) electrons. The molecule has 0 aromatic heterocycles. The van der Waals surface area contributed by atoms with E-state index in [4.69, 9.17) is 5.73 Å². The smallest absolute Gasteiger partial charge is 0.146 e. The summed E-state index contributed by atoms with van der Waals surface area (Å²) in [7, 11) is 0. The molecule has 0 fully saturated rings. The molecule has 0 aromatic carbocycles. The Labute approximate surface area is 67.0 Å². The molecule has 0 rings (SSSR count). The van der Waals surface area contributed by atoms with Gasteiger partial charge in [0.05, 0.1) is 6.04 Å². The minimum atomic E-state index is -0.607. The number of carbonyl (C=O) groups excluding carboxylic acids is 2. The third-order valence-corrected chi connectivity index (χ3v) is 1.59. The largest absolute Gasteiger partial charge is 0.321 e. The van der Waals surface area contributed by atoms with E-state index in [9.17, 15) is 9.59 Å². The van der Waals surface area contributed by atoms with Crippen LogP contribution in [0.15, 0.2) is 0 Å². The minimum absolute atomic E-state index is 0.0274. The highest BCUT2D eigenvalue weighted by Gasteiger charge is 2.15. The molecular weight excluding hydrogens is 142 g/mol. The van der Waals surface area contributed by atoms with E-state index < -0.39 is 6.04 Å². The summed E-state index contributed by atoms with van der Waals surface area (Å²) >= 11 is 0. The summed E-state index contributed by atoms with van der Waals surface area (Å²) in [5.74, 6) is -0.105. The lowest BCUT2D eigenvalue weighted by Gasteiger charge is -2.07. The van der Waals surface area contributed by atoms with Crippen LogP contribution in [0.5, 0.6) is 0 Å². The van der Waals surface area contributed by atoms with E-state index in [0.717, 1.165) is 0 Å². The summed E-state index contributed by atoms with van der Waals surface area (Å²) in [4.78, 5) is 21.7. The normalized spacial score (nSPS) is 13.2. The quantitative estimate of drug-likeness (QED) is 0.647. The molecule has 0 saturated carbocycles. The number of nitrogens with two attached hydrogens (primary N) is 1. The first kappa shape index (κ1) is 10.3. The predicted octanol–water partition coefficient (Wildman–Crippen LogP) is 0.518. The van der Waals surface area contributed by atoms with E-state index >= 15 is 0 Å². The highest BCUT2D eigenvalue weighted by molar-refractivity contribution is 5.89. The Morgan fingerprint density at radius 3 is 2.09 bits per heavy atom. The molecule has 0 saturated heterocycles. The third-order valence-electron chi connectivity index (χ3n) is 1.59. The summed E-state index contributed by atoms with van der Waals surface area (Å²) in [5.41, 5.74) is 5.38. The molecule has 0 unspecified atom stereocenters. The molecular formula is C8H15NO2. The van der Waals surface area contributed by atoms with E-state index in [1.165, 1.54) is 6.92 Å². The van der Waals surface area contributed by atoms with Gasteiger partial charge in [0, 0.05) is 12.3 Å². The van der Waals surface area contributed by atoms with Gasteiger partial charge in [-0.3, -0.25) is 9.59 Å². The Morgan fingerprint density at radius 2 is 1.82 bits per heavy atom. The molecule has 11 heavy (non-hydrogen) atoms. The molecule has 0 heterocycles. The summed E-state index contributed by atoms with van der Waals surface area (Å²) < 4.78 is 0. The zero-order chi connectivity index (χ0) is 9.02. The van der Waals surface area contributed by atoms with E-state index in [1.807, 2.05) is 0 Å². The van der Waals surface area contributed by atoms with Gasteiger partial charge in [-0.05, 0) is 6.92 Å². The number of rotatable bonds is 4. The fraction of sp³-hybridized carbons (Fsp3) is 0.750. The van der Waals surface area contributed by atoms with Gasteiger partial charge in [0.2, 0.25) is 0 Å². The second-order valence-corrected chi connectivity index (χ2v) is 3.04. The van der Waals surface area contributed by atoms with Gasteiger partial charge < -0.3 is 5.73 Å². The van der Waals surface area contributed by atoms with Crippen LogP contribution < -0.4 is 5.73 Å². The Morgan fingerprint density at radius 1 is 1.36 bits per heavy atom. The molecule has 0 spiro atoms. The first-order valence-corrected chi connectivity index (χ1v) is 3.74. The molecule has 3 heteroatoms. The number of hydrogen-bond donors (Lipinski definition) is 1. The molecule has 0 aliphatic heterocycles. The van der Waals surface area contributed by atoms with Crippen molar-refractivity contribution in [2.75, 3.05) is 0 Å². The van der Waals surface area contributed by atoms with Crippen molar-refractivity contribution < 1.29 is 9.59 Å². The standard InChI is InChI=1S/C8H15NO2/c1-5(2)8(11)4-7(9)6(3)10/h5,7H,4,9H2,1-3H3/t7-/m0/s1. The van der Waals surface area contributed by atoms with E-state index in [-0.39, 0.29) is 23.9 Å². The van der Waals surface area contributed by atoms with Crippen LogP contribution in [-0.2, 0) is 9.59 Å². The number of Topliss-reactive ketones (excluding diaryl/α,β-unsaturated/α-hetero) is 2. The first-order chi connectivity index (χ1) is 4.95. The molecule has 0 aliphatic carbocycles. The van der Waals surface area contributed by atoms with Gasteiger partial charge in [0.25, 0.3) is 0 Å². The lowest BCUT2D eigenvalue weighted by atomic mass is 10.0. The van der Waals surface area contributed by atoms with Crippen LogP contribution in [0.25, 0.3) is 0 Å². The number of carbonyl (C=O) groups is 2. The van der Waals surface area contributed by atoms with Crippen LogP contribution in [0.4, 0.5) is 0 Å². The maximum absolute atomic E-state index is 11.0. The average Bonchev–Trinajstić information content (AvgIpc) is 1.87. The van der Waals surface area contributed by atoms with Crippen molar-refractivity contribution in [3.05, 3.63) is 0 Å². The summed E-state index contributed by atoms with van der Waals surface area (Å²) in [6.07, 6.45) is 0.174. The Bertz CT molecular complexity index is 163. The van der Waals surface area contributed by atoms with E-state index in [0.29, 0.717) is 0 Å². The van der Waals surface area contributed by atoms with Crippen LogP contribution in [0.1, 0.15) is 27.2 Å². The van der Waals surface area contributed by atoms with Crippen LogP contribution in [0.2, 0.25) is 0 Å². The highest BCUT2D eigenvalue weighted by atomic mass is 16.1. The van der Waals surface area contributed by atoms with Crippen LogP contribution in [0, 0.1) is 5.92 Å². The molecule has 64 valence electrons. The minimum Gasteiger partial charge on any atom is -0.321 e. The summed E-state index contributed by atoms with van der Waals surface area (Å²) in [5, 5.41) is 0. The number of ketones is 2. The SMILES string of the molecule is CC(=O)[C@@H](N)CC(=O)C(C)C. The van der Waals surface area contributed by atoms with Crippen molar-refractivity contribution in [3.63, 3.8) is 0 Å². The van der Waals surface area contributed by atoms with E-state index in [1.54, 1.807) is 13.8 Å². The van der Waals surface area contributed by atoms with E-state index in [2.05, 4.69) is 0 Å². The van der Waals surface area contributed by atoms with Gasteiger partial charge in [-0.15, -0.1) is 0 Å². The molecule has 0 aliphatic rings. The Hall–Kier alpha value is -0.700. The lowest BCUT2D eigenvalue weighted by molar-refractivity contribution is -0.126. The van der Waals surface area contributed by atoms with Gasteiger partial charge in [0.1, 0.15) is 11.6 Å². The van der Waals surface area contributed by atoms with Gasteiger partial charge in [-0.1, -0.05) is 13.8 Å². The number of hydrogen-bond acceptors (Lipinski definition) is 3. The molecule has 3 nitrogen and oxygen atoms in total. The Balaban J connectivity index is 3.85. The van der Waals surface area contributed by atoms with Crippen LogP contribution >= 0.6 is 0 Å². The average molecular weight is 157 g/mol. The highest BCUT2D eigenvalue weighted by Crippen LogP contribution is 2.01. The molecule has 0 bridgehead atoms. The van der Waals surface area contributed by atoms with Crippen LogP contribution in [0.3, 0.4) is 0 Å². The first-order valence-electron chi connectivity index (χ1n) is 3.74. The van der Waals surface area contributed by atoms with Gasteiger partial charge in [0.15, 0.2) is 0 Å². The topological polar surface area (TPSA) is 60.2 Å². The summed E-state index contributed by atoms with van der Waals surface area (Å²) in [6, 6.07) is -0.607. The Kier molecular flexibility index (Phi) is 3.97. The van der Waals surface area contributed by atoms with Crippen molar-refractivity contribution in [1.29, 1.82) is 0 Å². The van der Waals surface area contributed by atoms with Gasteiger partial charge >= 0.3 is 0 Å². The molecule has 0 amide bonds. The molecule has 2 N–H and O–H groups in total. The third kappa shape index (κ3) is 3.88. The van der Waals surface area contributed by atoms with Crippen molar-refractivity contribution in [3.8, 4) is 0 Å². The zero-order valence-corrected chi connectivity index (χ0v) is 7.26. The monoisotopic (exact) mass is 157 g/mol. The maximum Gasteiger partial charge on any atom is 0.146 e. The van der Waals surface area contributed by atoms with Crippen LogP contribution in [-0.4, -0.2) is 17.6 Å². The van der Waals surface area contributed by atoms with Crippen molar-refractivity contribution in [2.24, 2.45) is 11.7 Å².